The molecular weight excluding hydrogens is 272 g/mol. The number of Topliss-reactive ketones (excluding diaryl/α,β-unsaturated/α-hetero) is 1. The second-order valence-electron chi connectivity index (χ2n) is 5.96. The van der Waals surface area contributed by atoms with E-state index in [4.69, 9.17) is 4.74 Å². The van der Waals surface area contributed by atoms with Crippen LogP contribution >= 0.6 is 11.8 Å². The van der Waals surface area contributed by atoms with Gasteiger partial charge < -0.3 is 4.74 Å². The summed E-state index contributed by atoms with van der Waals surface area (Å²) in [4.78, 5) is 22.7. The summed E-state index contributed by atoms with van der Waals surface area (Å²) in [5.74, 6) is 1.20. The first-order chi connectivity index (χ1) is 9.37. The molecule has 0 saturated heterocycles. The maximum Gasteiger partial charge on any atom is 0.216 e. The van der Waals surface area contributed by atoms with Gasteiger partial charge in [-0.3, -0.25) is 9.59 Å². The number of ether oxygens (including phenoxy) is 1. The zero-order chi connectivity index (χ0) is 15.2. The Balaban J connectivity index is 2.58. The van der Waals surface area contributed by atoms with Gasteiger partial charge in [0.1, 0.15) is 12.4 Å². The predicted molar refractivity (Wildman–Crippen MR) is 83.6 cm³/mol. The monoisotopic (exact) mass is 298 g/mol. The van der Waals surface area contributed by atoms with Crippen molar-refractivity contribution >= 4 is 22.7 Å². The lowest BCUT2D eigenvalue weighted by Crippen LogP contribution is -2.26. The quantitative estimate of drug-likeness (QED) is 0.601. The fourth-order valence-corrected chi connectivity index (χ4v) is 3.78. The van der Waals surface area contributed by atoms with Crippen LogP contribution in [0.4, 0.5) is 0 Å². The summed E-state index contributed by atoms with van der Waals surface area (Å²) < 4.78 is 5.24. The molecular formula is C16H26O3S. The number of carbonyl (C=O) groups is 2. The Labute approximate surface area is 126 Å². The normalized spacial score (nSPS) is 23.6. The molecule has 1 aliphatic rings. The fourth-order valence-electron chi connectivity index (χ4n) is 2.59. The van der Waals surface area contributed by atoms with Crippen LogP contribution in [0.5, 0.6) is 0 Å². The van der Waals surface area contributed by atoms with Gasteiger partial charge in [-0.15, -0.1) is 0 Å². The summed E-state index contributed by atoms with van der Waals surface area (Å²) >= 11 is 1.33. The molecule has 1 aliphatic heterocycles. The van der Waals surface area contributed by atoms with Crippen molar-refractivity contribution in [2.75, 3.05) is 6.61 Å². The van der Waals surface area contributed by atoms with Crippen molar-refractivity contribution in [3.8, 4) is 0 Å². The molecule has 0 fully saturated rings. The molecule has 20 heavy (non-hydrogen) atoms. The lowest BCUT2D eigenvalue weighted by atomic mass is 9.91. The van der Waals surface area contributed by atoms with Crippen LogP contribution in [0.15, 0.2) is 11.8 Å². The van der Waals surface area contributed by atoms with Crippen molar-refractivity contribution in [1.82, 2.24) is 0 Å². The minimum atomic E-state index is -0.307. The van der Waals surface area contributed by atoms with Gasteiger partial charge in [-0.1, -0.05) is 51.3 Å². The highest BCUT2D eigenvalue weighted by Crippen LogP contribution is 2.45. The molecule has 3 nitrogen and oxygen atoms in total. The highest BCUT2D eigenvalue weighted by molar-refractivity contribution is 8.15. The van der Waals surface area contributed by atoms with Gasteiger partial charge in [0.15, 0.2) is 5.78 Å². The molecule has 1 unspecified atom stereocenters. The second kappa shape index (κ2) is 7.87. The number of rotatable bonds is 9. The van der Waals surface area contributed by atoms with Gasteiger partial charge in [-0.2, -0.15) is 0 Å². The molecule has 0 aromatic carbocycles. The summed E-state index contributed by atoms with van der Waals surface area (Å²) in [6, 6.07) is 0. The molecule has 2 atom stereocenters. The average Bonchev–Trinajstić information content (AvgIpc) is 2.61. The van der Waals surface area contributed by atoms with E-state index in [-0.39, 0.29) is 22.3 Å². The average molecular weight is 298 g/mol. The van der Waals surface area contributed by atoms with Crippen LogP contribution < -0.4 is 0 Å². The third-order valence-corrected chi connectivity index (χ3v) is 4.70. The van der Waals surface area contributed by atoms with Gasteiger partial charge in [-0.05, 0) is 26.2 Å². The van der Waals surface area contributed by atoms with Crippen LogP contribution in [0.2, 0.25) is 0 Å². The van der Waals surface area contributed by atoms with Gasteiger partial charge in [0.05, 0.1) is 4.75 Å². The Morgan fingerprint density at radius 3 is 2.75 bits per heavy atom. The summed E-state index contributed by atoms with van der Waals surface area (Å²) in [5, 5.41) is 0.0341. The molecule has 0 aliphatic carbocycles. The summed E-state index contributed by atoms with van der Waals surface area (Å²) in [7, 11) is 0. The lowest BCUT2D eigenvalue weighted by molar-refractivity contribution is -0.120. The van der Waals surface area contributed by atoms with Crippen molar-refractivity contribution in [3.63, 3.8) is 0 Å². The smallest absolute Gasteiger partial charge is 0.216 e. The second-order valence-corrected chi connectivity index (χ2v) is 7.46. The maximum absolute atomic E-state index is 11.7. The van der Waals surface area contributed by atoms with E-state index in [0.29, 0.717) is 11.7 Å². The number of hydrogen-bond acceptors (Lipinski definition) is 4. The zero-order valence-corrected chi connectivity index (χ0v) is 13.8. The minimum Gasteiger partial charge on any atom is -0.489 e. The first kappa shape index (κ1) is 17.3. The van der Waals surface area contributed by atoms with Crippen LogP contribution in [0.1, 0.15) is 59.8 Å². The largest absolute Gasteiger partial charge is 0.489 e. The van der Waals surface area contributed by atoms with Gasteiger partial charge >= 0.3 is 0 Å². The molecule has 114 valence electrons. The van der Waals surface area contributed by atoms with E-state index >= 15 is 0 Å². The van der Waals surface area contributed by atoms with Crippen molar-refractivity contribution in [1.29, 1.82) is 0 Å². The Morgan fingerprint density at radius 2 is 2.15 bits per heavy atom. The van der Waals surface area contributed by atoms with E-state index in [0.717, 1.165) is 6.42 Å². The van der Waals surface area contributed by atoms with E-state index in [2.05, 4.69) is 13.8 Å². The van der Waals surface area contributed by atoms with Crippen molar-refractivity contribution in [2.45, 2.75) is 64.5 Å². The molecule has 0 N–H and O–H groups in total. The predicted octanol–water partition coefficient (Wildman–Crippen LogP) is 4.11. The molecule has 0 spiro atoms. The molecule has 1 heterocycles. The number of hydrogen-bond donors (Lipinski definition) is 0. The Morgan fingerprint density at radius 1 is 1.45 bits per heavy atom. The maximum atomic E-state index is 11.7. The third-order valence-electron chi connectivity index (χ3n) is 3.57. The summed E-state index contributed by atoms with van der Waals surface area (Å²) in [6.07, 6.45) is 7.36. The lowest BCUT2D eigenvalue weighted by Gasteiger charge is -2.28. The number of ketones is 1. The first-order valence-corrected chi connectivity index (χ1v) is 8.26. The Hall–Kier alpha value is -0.770. The van der Waals surface area contributed by atoms with E-state index < -0.39 is 0 Å². The van der Waals surface area contributed by atoms with Crippen molar-refractivity contribution < 1.29 is 14.3 Å². The molecule has 0 aromatic heterocycles. The van der Waals surface area contributed by atoms with Crippen LogP contribution in [-0.2, 0) is 14.3 Å². The fraction of sp³-hybridized carbons (Fsp3) is 0.750. The molecule has 0 saturated carbocycles. The standard InChI is InChI=1S/C16H26O3S/c1-5-6-7-8-12(2)10-16(4)14(9-15(18)20-16)19-11-13(3)17/h9,12H,5-8,10-11H2,1-4H3/t12?,16-/m1/s1. The molecule has 4 heteroatoms. The highest BCUT2D eigenvalue weighted by Gasteiger charge is 2.40. The number of thioether (sulfide) groups is 1. The topological polar surface area (TPSA) is 43.4 Å². The van der Waals surface area contributed by atoms with Crippen LogP contribution in [-0.4, -0.2) is 22.3 Å². The van der Waals surface area contributed by atoms with Gasteiger partial charge in [0.25, 0.3) is 0 Å². The third kappa shape index (κ3) is 5.31. The molecule has 0 aromatic rings. The Bertz CT molecular complexity index is 389. The number of carbonyl (C=O) groups excluding carboxylic acids is 2. The van der Waals surface area contributed by atoms with Crippen LogP contribution in [0.25, 0.3) is 0 Å². The van der Waals surface area contributed by atoms with E-state index in [1.807, 2.05) is 6.92 Å². The molecule has 0 radical (unpaired) electrons. The Kier molecular flexibility index (Phi) is 6.80. The molecule has 0 amide bonds. The van der Waals surface area contributed by atoms with E-state index in [1.165, 1.54) is 44.4 Å². The van der Waals surface area contributed by atoms with Crippen LogP contribution in [0, 0.1) is 5.92 Å². The minimum absolute atomic E-state index is 0.0198. The van der Waals surface area contributed by atoms with Gasteiger partial charge in [0, 0.05) is 6.08 Å². The van der Waals surface area contributed by atoms with Crippen LogP contribution in [0.3, 0.4) is 0 Å². The highest BCUT2D eigenvalue weighted by atomic mass is 32.2. The molecule has 1 rings (SSSR count). The number of unbranched alkanes of at least 4 members (excludes halogenated alkanes) is 2. The molecule has 0 bridgehead atoms. The van der Waals surface area contributed by atoms with Gasteiger partial charge in [-0.25, -0.2) is 0 Å². The first-order valence-electron chi connectivity index (χ1n) is 7.44. The summed E-state index contributed by atoms with van der Waals surface area (Å²) in [5.41, 5.74) is 0. The van der Waals surface area contributed by atoms with Crippen molar-refractivity contribution in [2.24, 2.45) is 5.92 Å². The SMILES string of the molecule is CCCCCC(C)C[C@@]1(C)SC(=O)C=C1OCC(C)=O. The van der Waals surface area contributed by atoms with E-state index in [9.17, 15) is 9.59 Å². The van der Waals surface area contributed by atoms with E-state index in [1.54, 1.807) is 6.08 Å². The van der Waals surface area contributed by atoms with Crippen molar-refractivity contribution in [3.05, 3.63) is 11.8 Å². The summed E-state index contributed by atoms with van der Waals surface area (Å²) in [6.45, 7) is 8.03. The zero-order valence-electron chi connectivity index (χ0n) is 13.0. The van der Waals surface area contributed by atoms with Gasteiger partial charge in [0.2, 0.25) is 5.12 Å².